The summed E-state index contributed by atoms with van der Waals surface area (Å²) in [5.74, 6) is -0.217. The highest BCUT2D eigenvalue weighted by atomic mass is 16.2. The fraction of sp³-hybridized carbons (Fsp3) is 0.217. The van der Waals surface area contributed by atoms with Crippen LogP contribution in [0.3, 0.4) is 0 Å². The molecule has 2 N–H and O–H groups in total. The molecule has 144 valence electrons. The Morgan fingerprint density at radius 3 is 2.18 bits per heavy atom. The molecule has 0 radical (unpaired) electrons. The largest absolute Gasteiger partial charge is 0.326 e. The van der Waals surface area contributed by atoms with Crippen molar-refractivity contribution in [2.75, 3.05) is 17.3 Å². The fourth-order valence-electron chi connectivity index (χ4n) is 3.06. The summed E-state index contributed by atoms with van der Waals surface area (Å²) in [5, 5.41) is 7.76. The number of anilines is 2. The molecule has 0 spiro atoms. The first kappa shape index (κ1) is 19.4. The number of carbonyl (C=O) groups is 2. The summed E-state index contributed by atoms with van der Waals surface area (Å²) in [5.41, 5.74) is 1.47. The maximum atomic E-state index is 13.1. The maximum absolute atomic E-state index is 13.1. The number of fused-ring (bicyclic) bond motifs is 1. The van der Waals surface area contributed by atoms with Crippen molar-refractivity contribution in [3.8, 4) is 0 Å². The predicted octanol–water partition coefficient (Wildman–Crippen LogP) is 4.65. The molecular formula is C23H25N3O2. The van der Waals surface area contributed by atoms with Gasteiger partial charge < -0.3 is 15.5 Å². The molecule has 0 saturated heterocycles. The van der Waals surface area contributed by atoms with Gasteiger partial charge in [0.05, 0.1) is 0 Å². The predicted molar refractivity (Wildman–Crippen MR) is 115 cm³/mol. The van der Waals surface area contributed by atoms with Crippen LogP contribution in [0.25, 0.3) is 10.8 Å². The van der Waals surface area contributed by atoms with E-state index in [0.717, 1.165) is 16.5 Å². The summed E-state index contributed by atoms with van der Waals surface area (Å²) in [4.78, 5) is 27.1. The van der Waals surface area contributed by atoms with Crippen molar-refractivity contribution in [3.05, 3.63) is 72.8 Å². The number of hydrogen-bond donors (Lipinski definition) is 2. The van der Waals surface area contributed by atoms with Gasteiger partial charge in [-0.05, 0) is 41.0 Å². The lowest BCUT2D eigenvalue weighted by molar-refractivity contribution is -0.121. The van der Waals surface area contributed by atoms with Gasteiger partial charge in [0.2, 0.25) is 5.91 Å². The third-order valence-electron chi connectivity index (χ3n) is 4.70. The van der Waals surface area contributed by atoms with E-state index in [-0.39, 0.29) is 11.8 Å². The number of amides is 3. The molecule has 1 unspecified atom stereocenters. The molecule has 0 aromatic heterocycles. The Morgan fingerprint density at radius 2 is 1.50 bits per heavy atom. The van der Waals surface area contributed by atoms with Crippen LogP contribution in [-0.4, -0.2) is 25.0 Å². The van der Waals surface area contributed by atoms with Crippen molar-refractivity contribution in [3.63, 3.8) is 0 Å². The molecule has 0 aliphatic rings. The monoisotopic (exact) mass is 375 g/mol. The van der Waals surface area contributed by atoms with E-state index >= 15 is 0 Å². The molecule has 0 aliphatic carbocycles. The number of urea groups is 1. The molecule has 3 aromatic rings. The van der Waals surface area contributed by atoms with Crippen molar-refractivity contribution in [1.82, 2.24) is 5.32 Å². The highest BCUT2D eigenvalue weighted by Gasteiger charge is 2.27. The zero-order valence-electron chi connectivity index (χ0n) is 16.3. The van der Waals surface area contributed by atoms with Crippen LogP contribution < -0.4 is 15.5 Å². The molecule has 5 heteroatoms. The molecule has 5 nitrogen and oxygen atoms in total. The van der Waals surface area contributed by atoms with Crippen LogP contribution in [0.1, 0.15) is 13.8 Å². The van der Waals surface area contributed by atoms with Crippen LogP contribution in [-0.2, 0) is 4.79 Å². The van der Waals surface area contributed by atoms with Gasteiger partial charge in [-0.15, -0.1) is 0 Å². The van der Waals surface area contributed by atoms with Gasteiger partial charge in [0.25, 0.3) is 0 Å². The molecule has 28 heavy (non-hydrogen) atoms. The molecular weight excluding hydrogens is 350 g/mol. The van der Waals surface area contributed by atoms with E-state index in [9.17, 15) is 9.59 Å². The molecule has 0 bridgehead atoms. The van der Waals surface area contributed by atoms with Gasteiger partial charge in [-0.3, -0.25) is 4.79 Å². The number of carbonyl (C=O) groups excluding carboxylic acids is 2. The minimum absolute atomic E-state index is 0.0584. The Labute approximate surface area is 165 Å². The zero-order chi connectivity index (χ0) is 20.1. The SMILES string of the molecule is CC(C)C(NC(=O)Nc1ccccc1)C(=O)N(C)c1ccc2ccccc2c1. The third kappa shape index (κ3) is 4.49. The van der Waals surface area contributed by atoms with E-state index in [1.54, 1.807) is 24.1 Å². The Kier molecular flexibility index (Phi) is 5.94. The standard InChI is InChI=1S/C23H25N3O2/c1-16(2)21(25-23(28)24-19-11-5-4-6-12-19)22(27)26(3)20-14-13-17-9-7-8-10-18(17)15-20/h4-16,21H,1-3H3,(H2,24,25,28). The van der Waals surface area contributed by atoms with Crippen LogP contribution in [0.5, 0.6) is 0 Å². The van der Waals surface area contributed by atoms with E-state index in [1.807, 2.05) is 74.5 Å². The Balaban J connectivity index is 1.74. The molecule has 0 aliphatic heterocycles. The van der Waals surface area contributed by atoms with Gasteiger partial charge >= 0.3 is 6.03 Å². The van der Waals surface area contributed by atoms with Gasteiger partial charge in [-0.25, -0.2) is 4.79 Å². The highest BCUT2D eigenvalue weighted by molar-refractivity contribution is 6.01. The van der Waals surface area contributed by atoms with Crippen LogP contribution in [0, 0.1) is 5.92 Å². The summed E-state index contributed by atoms with van der Waals surface area (Å²) in [6.07, 6.45) is 0. The normalized spacial score (nSPS) is 11.9. The first-order valence-electron chi connectivity index (χ1n) is 9.34. The zero-order valence-corrected chi connectivity index (χ0v) is 16.3. The van der Waals surface area contributed by atoms with Crippen molar-refractivity contribution in [1.29, 1.82) is 0 Å². The molecule has 0 heterocycles. The second-order valence-corrected chi connectivity index (χ2v) is 7.11. The number of nitrogens with zero attached hydrogens (tertiary/aromatic N) is 1. The lowest BCUT2D eigenvalue weighted by Gasteiger charge is -2.27. The summed E-state index contributed by atoms with van der Waals surface area (Å²) in [6.45, 7) is 3.83. The molecule has 0 fully saturated rings. The van der Waals surface area contributed by atoms with Crippen molar-refractivity contribution in [2.45, 2.75) is 19.9 Å². The second-order valence-electron chi connectivity index (χ2n) is 7.11. The quantitative estimate of drug-likeness (QED) is 0.682. The number of benzene rings is 3. The third-order valence-corrected chi connectivity index (χ3v) is 4.70. The number of likely N-dealkylation sites (N-methyl/N-ethyl adjacent to an activating group) is 1. The topological polar surface area (TPSA) is 61.4 Å². The van der Waals surface area contributed by atoms with Crippen molar-refractivity contribution < 1.29 is 9.59 Å². The Hall–Kier alpha value is -3.34. The van der Waals surface area contributed by atoms with Crippen molar-refractivity contribution in [2.24, 2.45) is 5.92 Å². The van der Waals surface area contributed by atoms with Gasteiger partial charge in [0.15, 0.2) is 0 Å². The van der Waals surface area contributed by atoms with E-state index in [1.165, 1.54) is 0 Å². The van der Waals surface area contributed by atoms with Crippen LogP contribution in [0.15, 0.2) is 72.8 Å². The van der Waals surface area contributed by atoms with Gasteiger partial charge in [0, 0.05) is 18.4 Å². The summed E-state index contributed by atoms with van der Waals surface area (Å²) in [6, 6.07) is 22.0. The number of nitrogens with one attached hydrogen (secondary N) is 2. The number of para-hydroxylation sites is 1. The molecule has 3 rings (SSSR count). The molecule has 0 saturated carbocycles. The van der Waals surface area contributed by atoms with Gasteiger partial charge in [-0.2, -0.15) is 0 Å². The van der Waals surface area contributed by atoms with Crippen molar-refractivity contribution >= 4 is 34.1 Å². The fourth-order valence-corrected chi connectivity index (χ4v) is 3.06. The Morgan fingerprint density at radius 1 is 0.857 bits per heavy atom. The van der Waals surface area contributed by atoms with Crippen LogP contribution in [0.2, 0.25) is 0 Å². The van der Waals surface area contributed by atoms with E-state index < -0.39 is 12.1 Å². The smallest absolute Gasteiger partial charge is 0.319 e. The van der Waals surface area contributed by atoms with Crippen LogP contribution in [0.4, 0.5) is 16.2 Å². The summed E-state index contributed by atoms with van der Waals surface area (Å²) in [7, 11) is 1.73. The van der Waals surface area contributed by atoms with E-state index in [4.69, 9.17) is 0 Å². The molecule has 3 aromatic carbocycles. The van der Waals surface area contributed by atoms with Gasteiger partial charge in [-0.1, -0.05) is 62.4 Å². The first-order chi connectivity index (χ1) is 13.5. The molecule has 1 atom stereocenters. The molecule has 3 amide bonds. The summed E-state index contributed by atoms with van der Waals surface area (Å²) >= 11 is 0. The lowest BCUT2D eigenvalue weighted by atomic mass is 10.0. The summed E-state index contributed by atoms with van der Waals surface area (Å²) < 4.78 is 0. The Bertz CT molecular complexity index is 970. The van der Waals surface area contributed by atoms with E-state index in [0.29, 0.717) is 5.69 Å². The number of hydrogen-bond acceptors (Lipinski definition) is 2. The maximum Gasteiger partial charge on any atom is 0.319 e. The van der Waals surface area contributed by atoms with E-state index in [2.05, 4.69) is 10.6 Å². The second kappa shape index (κ2) is 8.57. The minimum atomic E-state index is -0.639. The number of rotatable bonds is 5. The lowest BCUT2D eigenvalue weighted by Crippen LogP contribution is -2.51. The highest BCUT2D eigenvalue weighted by Crippen LogP contribution is 2.22. The average Bonchev–Trinajstić information content (AvgIpc) is 2.71. The van der Waals surface area contributed by atoms with Crippen LogP contribution >= 0.6 is 0 Å². The van der Waals surface area contributed by atoms with Gasteiger partial charge in [0.1, 0.15) is 6.04 Å². The average molecular weight is 375 g/mol. The first-order valence-corrected chi connectivity index (χ1v) is 9.34. The minimum Gasteiger partial charge on any atom is -0.326 e.